The molecule has 1 fully saturated rings. The fourth-order valence-corrected chi connectivity index (χ4v) is 2.74. The minimum atomic E-state index is -1.39. The van der Waals surface area contributed by atoms with Crippen LogP contribution in [-0.4, -0.2) is 58.3 Å². The molecule has 0 radical (unpaired) electrons. The van der Waals surface area contributed by atoms with E-state index in [0.29, 0.717) is 25.9 Å². The number of carbonyl (C=O) groups is 3. The number of nitro groups is 1. The number of amides is 1. The molecule has 1 aromatic carbocycles. The molecule has 2 rings (SSSR count). The van der Waals surface area contributed by atoms with E-state index in [1.807, 2.05) is 20.8 Å². The summed E-state index contributed by atoms with van der Waals surface area (Å²) in [6.45, 7) is 6.41. The number of hydrogen-bond acceptors (Lipinski definition) is 7. The van der Waals surface area contributed by atoms with Gasteiger partial charge in [0.25, 0.3) is 5.69 Å². The molecule has 0 saturated carbocycles. The lowest BCUT2D eigenvalue weighted by atomic mass is 10.1. The molecule has 1 aliphatic heterocycles. The van der Waals surface area contributed by atoms with Crippen molar-refractivity contribution in [2.24, 2.45) is 5.92 Å². The van der Waals surface area contributed by atoms with Crippen LogP contribution in [-0.2, 0) is 9.47 Å². The second-order valence-electron chi connectivity index (χ2n) is 7.51. The highest BCUT2D eigenvalue weighted by atomic mass is 16.6. The molecular weight excluding hydrogens is 384 g/mol. The van der Waals surface area contributed by atoms with Crippen LogP contribution in [0.25, 0.3) is 0 Å². The molecule has 1 heterocycles. The second-order valence-corrected chi connectivity index (χ2v) is 7.51. The van der Waals surface area contributed by atoms with Gasteiger partial charge >= 0.3 is 18.0 Å². The fraction of sp³-hybridized carbons (Fsp3) is 0.526. The molecule has 1 unspecified atom stereocenters. The summed E-state index contributed by atoms with van der Waals surface area (Å²) >= 11 is 0. The number of nitro benzene ring substituents is 1. The lowest BCUT2D eigenvalue weighted by molar-refractivity contribution is -0.384. The normalized spacial score (nSPS) is 16.4. The van der Waals surface area contributed by atoms with E-state index >= 15 is 0 Å². The van der Waals surface area contributed by atoms with Gasteiger partial charge in [-0.15, -0.1) is 0 Å². The minimum Gasteiger partial charge on any atom is -0.478 e. The van der Waals surface area contributed by atoms with Crippen molar-refractivity contribution in [2.75, 3.05) is 19.7 Å². The van der Waals surface area contributed by atoms with E-state index in [-0.39, 0.29) is 23.7 Å². The first-order valence-electron chi connectivity index (χ1n) is 9.20. The summed E-state index contributed by atoms with van der Waals surface area (Å²) in [5.74, 6) is -2.35. The number of nitrogens with zero attached hydrogens (tertiary/aromatic N) is 2. The number of carboxylic acid groups (broad SMARTS) is 1. The summed E-state index contributed by atoms with van der Waals surface area (Å²) in [6.07, 6.45) is 0.870. The highest BCUT2D eigenvalue weighted by Crippen LogP contribution is 2.23. The molecule has 0 aliphatic carbocycles. The topological polar surface area (TPSA) is 136 Å². The average molecular weight is 408 g/mol. The first-order valence-corrected chi connectivity index (χ1v) is 9.20. The maximum Gasteiger partial charge on any atom is 0.410 e. The molecule has 0 aromatic heterocycles. The van der Waals surface area contributed by atoms with E-state index in [1.165, 1.54) is 0 Å². The number of carboxylic acids is 1. The maximum atomic E-state index is 12.2. The summed E-state index contributed by atoms with van der Waals surface area (Å²) in [4.78, 5) is 47.3. The number of likely N-dealkylation sites (tertiary alicyclic amines) is 1. The number of benzene rings is 1. The maximum absolute atomic E-state index is 12.2. The van der Waals surface area contributed by atoms with Crippen molar-refractivity contribution < 1.29 is 33.9 Å². The van der Waals surface area contributed by atoms with Crippen LogP contribution >= 0.6 is 0 Å². The molecule has 1 atom stereocenters. The molecule has 0 bridgehead atoms. The van der Waals surface area contributed by atoms with Gasteiger partial charge in [0.05, 0.1) is 22.7 Å². The van der Waals surface area contributed by atoms with Crippen LogP contribution in [0, 0.1) is 16.0 Å². The van der Waals surface area contributed by atoms with Crippen molar-refractivity contribution in [1.82, 2.24) is 4.90 Å². The number of esters is 1. The summed E-state index contributed by atoms with van der Waals surface area (Å²) in [5, 5.41) is 20.0. The Morgan fingerprint density at radius 2 is 1.93 bits per heavy atom. The SMILES string of the molecule is CCC(C)(C)OC(=O)N1CCC(COC(=O)c2cc(C(=O)O)cc([N+](=O)[O-])c2)C1. The van der Waals surface area contributed by atoms with Gasteiger partial charge in [0.1, 0.15) is 5.60 Å². The standard InChI is InChI=1S/C19H24N2O8/c1-4-19(2,3)29-18(25)20-6-5-12(10-20)11-28-17(24)14-7-13(16(22)23)8-15(9-14)21(26)27/h7-9,12H,4-6,10-11H2,1-3H3,(H,22,23). The van der Waals surface area contributed by atoms with Gasteiger partial charge in [0, 0.05) is 31.1 Å². The van der Waals surface area contributed by atoms with Gasteiger partial charge in [-0.05, 0) is 32.8 Å². The van der Waals surface area contributed by atoms with Crippen molar-refractivity contribution in [3.63, 3.8) is 0 Å². The zero-order chi connectivity index (χ0) is 21.8. The Hall–Kier alpha value is -3.17. The van der Waals surface area contributed by atoms with Crippen LogP contribution in [0.1, 0.15) is 54.3 Å². The predicted molar refractivity (Wildman–Crippen MR) is 101 cm³/mol. The van der Waals surface area contributed by atoms with Gasteiger partial charge < -0.3 is 19.5 Å². The largest absolute Gasteiger partial charge is 0.478 e. The van der Waals surface area contributed by atoms with E-state index in [0.717, 1.165) is 18.2 Å². The van der Waals surface area contributed by atoms with E-state index in [4.69, 9.17) is 14.6 Å². The highest BCUT2D eigenvalue weighted by molar-refractivity contribution is 5.95. The van der Waals surface area contributed by atoms with Crippen LogP contribution in [0.5, 0.6) is 0 Å². The Labute approximate surface area is 167 Å². The monoisotopic (exact) mass is 408 g/mol. The molecule has 10 nitrogen and oxygen atoms in total. The second kappa shape index (κ2) is 8.89. The van der Waals surface area contributed by atoms with Crippen molar-refractivity contribution in [3.05, 3.63) is 39.4 Å². The van der Waals surface area contributed by atoms with Gasteiger partial charge in [0.2, 0.25) is 0 Å². The van der Waals surface area contributed by atoms with E-state index in [1.54, 1.807) is 4.90 Å². The van der Waals surface area contributed by atoms with E-state index in [2.05, 4.69) is 0 Å². The number of rotatable bonds is 7. The Kier molecular flexibility index (Phi) is 6.78. The molecule has 1 amide bonds. The predicted octanol–water partition coefficient (Wildman–Crippen LogP) is 3.10. The molecule has 1 aromatic rings. The zero-order valence-corrected chi connectivity index (χ0v) is 16.5. The van der Waals surface area contributed by atoms with Crippen LogP contribution < -0.4 is 0 Å². The lowest BCUT2D eigenvalue weighted by Crippen LogP contribution is -2.36. The summed E-state index contributed by atoms with van der Waals surface area (Å²) < 4.78 is 10.6. The summed E-state index contributed by atoms with van der Waals surface area (Å²) in [7, 11) is 0. The number of non-ortho nitro benzene ring substituents is 1. The molecule has 158 valence electrons. The smallest absolute Gasteiger partial charge is 0.410 e. The Morgan fingerprint density at radius 3 is 2.52 bits per heavy atom. The van der Waals surface area contributed by atoms with Gasteiger partial charge in [0.15, 0.2) is 0 Å². The van der Waals surface area contributed by atoms with Crippen LogP contribution in [0.15, 0.2) is 18.2 Å². The zero-order valence-electron chi connectivity index (χ0n) is 16.5. The molecule has 1 saturated heterocycles. The third-order valence-electron chi connectivity index (χ3n) is 4.82. The van der Waals surface area contributed by atoms with E-state index < -0.39 is 34.2 Å². The number of ether oxygens (including phenoxy) is 2. The average Bonchev–Trinajstić information content (AvgIpc) is 3.14. The molecule has 1 aliphatic rings. The third-order valence-corrected chi connectivity index (χ3v) is 4.82. The molecule has 29 heavy (non-hydrogen) atoms. The molecule has 10 heteroatoms. The number of aromatic carboxylic acids is 1. The number of carbonyl (C=O) groups excluding carboxylic acids is 2. The molecule has 0 spiro atoms. The fourth-order valence-electron chi connectivity index (χ4n) is 2.74. The van der Waals surface area contributed by atoms with Crippen molar-refractivity contribution >= 4 is 23.7 Å². The lowest BCUT2D eigenvalue weighted by Gasteiger charge is -2.26. The first-order chi connectivity index (χ1) is 13.5. The van der Waals surface area contributed by atoms with E-state index in [9.17, 15) is 24.5 Å². The van der Waals surface area contributed by atoms with Gasteiger partial charge in [-0.1, -0.05) is 6.92 Å². The quantitative estimate of drug-likeness (QED) is 0.413. The van der Waals surface area contributed by atoms with Crippen molar-refractivity contribution in [3.8, 4) is 0 Å². The Balaban J connectivity index is 1.96. The van der Waals surface area contributed by atoms with Crippen molar-refractivity contribution in [1.29, 1.82) is 0 Å². The van der Waals surface area contributed by atoms with Crippen LogP contribution in [0.3, 0.4) is 0 Å². The summed E-state index contributed by atoms with van der Waals surface area (Å²) in [6, 6.07) is 2.88. The Morgan fingerprint density at radius 1 is 1.28 bits per heavy atom. The van der Waals surface area contributed by atoms with Crippen LogP contribution in [0.4, 0.5) is 10.5 Å². The van der Waals surface area contributed by atoms with Gasteiger partial charge in [-0.3, -0.25) is 10.1 Å². The van der Waals surface area contributed by atoms with Crippen molar-refractivity contribution in [2.45, 2.75) is 39.2 Å². The van der Waals surface area contributed by atoms with Gasteiger partial charge in [-0.25, -0.2) is 14.4 Å². The minimum absolute atomic E-state index is 0.00484. The Bertz CT molecular complexity index is 788. The highest BCUT2D eigenvalue weighted by Gasteiger charge is 2.31. The third kappa shape index (κ3) is 5.90. The van der Waals surface area contributed by atoms with Crippen LogP contribution in [0.2, 0.25) is 0 Å². The molecule has 1 N–H and O–H groups in total. The first kappa shape index (κ1) is 22.1. The molecular formula is C19H24N2O8. The van der Waals surface area contributed by atoms with Gasteiger partial charge in [-0.2, -0.15) is 0 Å². The number of hydrogen-bond donors (Lipinski definition) is 1. The summed E-state index contributed by atoms with van der Waals surface area (Å²) in [5.41, 5.74) is -1.66.